The standard InChI is InChI=1S/C16H14FN5O2/c1-21-8-18-12-13(15(21)23)19-20-14(12)16(24)22-6-9(7-22)10-4-2-3-5-11(10)17/h2-5,8-9H,6-7H2,1H3,(H,19,20). The summed E-state index contributed by atoms with van der Waals surface area (Å²) in [5.41, 5.74) is 0.882. The first-order chi connectivity index (χ1) is 11.6. The largest absolute Gasteiger partial charge is 0.336 e. The molecule has 4 rings (SSSR count). The number of likely N-dealkylation sites (tertiary alicyclic amines) is 1. The van der Waals surface area contributed by atoms with Gasteiger partial charge >= 0.3 is 0 Å². The van der Waals surface area contributed by atoms with Crippen molar-refractivity contribution in [3.05, 3.63) is 58.0 Å². The average Bonchev–Trinajstić information content (AvgIpc) is 2.96. The molecule has 2 aromatic heterocycles. The molecule has 0 bridgehead atoms. The number of aromatic nitrogens is 4. The van der Waals surface area contributed by atoms with Crippen molar-refractivity contribution in [2.75, 3.05) is 13.1 Å². The molecule has 3 heterocycles. The molecule has 0 atom stereocenters. The Labute approximate surface area is 135 Å². The quantitative estimate of drug-likeness (QED) is 0.762. The van der Waals surface area contributed by atoms with Gasteiger partial charge in [0.15, 0.2) is 5.52 Å². The number of rotatable bonds is 2. The Bertz CT molecular complexity index is 1000. The Morgan fingerprint density at radius 1 is 1.29 bits per heavy atom. The molecule has 1 saturated heterocycles. The number of carbonyl (C=O) groups excluding carboxylic acids is 1. The minimum absolute atomic E-state index is 0.0230. The van der Waals surface area contributed by atoms with Crippen molar-refractivity contribution in [1.82, 2.24) is 24.6 Å². The molecule has 0 spiro atoms. The molecule has 1 fully saturated rings. The third kappa shape index (κ3) is 2.10. The number of carbonyl (C=O) groups is 1. The zero-order valence-corrected chi connectivity index (χ0v) is 12.9. The first kappa shape index (κ1) is 14.6. The number of nitrogens with zero attached hydrogens (tertiary/aromatic N) is 4. The van der Waals surface area contributed by atoms with E-state index in [1.54, 1.807) is 30.1 Å². The van der Waals surface area contributed by atoms with E-state index in [2.05, 4.69) is 15.2 Å². The monoisotopic (exact) mass is 327 g/mol. The van der Waals surface area contributed by atoms with E-state index in [0.717, 1.165) is 0 Å². The zero-order chi connectivity index (χ0) is 16.8. The summed E-state index contributed by atoms with van der Waals surface area (Å²) < 4.78 is 15.1. The van der Waals surface area contributed by atoms with Crippen molar-refractivity contribution in [2.24, 2.45) is 7.05 Å². The summed E-state index contributed by atoms with van der Waals surface area (Å²) in [6, 6.07) is 6.58. The lowest BCUT2D eigenvalue weighted by atomic mass is 9.91. The van der Waals surface area contributed by atoms with E-state index in [1.165, 1.54) is 17.0 Å². The van der Waals surface area contributed by atoms with Crippen LogP contribution in [0, 0.1) is 5.82 Å². The van der Waals surface area contributed by atoms with Crippen LogP contribution in [0.25, 0.3) is 11.0 Å². The highest BCUT2D eigenvalue weighted by atomic mass is 19.1. The minimum atomic E-state index is -0.317. The van der Waals surface area contributed by atoms with Gasteiger partial charge < -0.3 is 9.47 Å². The molecule has 1 aromatic carbocycles. The number of hydrogen-bond donors (Lipinski definition) is 1. The van der Waals surface area contributed by atoms with Crippen molar-refractivity contribution >= 4 is 16.9 Å². The summed E-state index contributed by atoms with van der Waals surface area (Å²) >= 11 is 0. The Hall–Kier alpha value is -3.03. The molecule has 1 N–H and O–H groups in total. The maximum absolute atomic E-state index is 13.8. The van der Waals surface area contributed by atoms with Gasteiger partial charge in [-0.25, -0.2) is 9.37 Å². The lowest BCUT2D eigenvalue weighted by molar-refractivity contribution is 0.0594. The van der Waals surface area contributed by atoms with Crippen LogP contribution in [-0.4, -0.2) is 43.6 Å². The van der Waals surface area contributed by atoms with E-state index in [1.807, 2.05) is 0 Å². The van der Waals surface area contributed by atoms with E-state index in [0.29, 0.717) is 18.7 Å². The van der Waals surface area contributed by atoms with Crippen LogP contribution >= 0.6 is 0 Å². The van der Waals surface area contributed by atoms with Gasteiger partial charge in [-0.05, 0) is 11.6 Å². The van der Waals surface area contributed by atoms with Gasteiger partial charge in [0.05, 0.1) is 6.33 Å². The minimum Gasteiger partial charge on any atom is -0.336 e. The number of fused-ring (bicyclic) bond motifs is 1. The number of aromatic amines is 1. The number of H-pyrrole nitrogens is 1. The van der Waals surface area contributed by atoms with E-state index >= 15 is 0 Å². The molecule has 0 radical (unpaired) electrons. The van der Waals surface area contributed by atoms with Gasteiger partial charge in [-0.3, -0.25) is 14.7 Å². The van der Waals surface area contributed by atoms with Gasteiger partial charge in [0.2, 0.25) is 0 Å². The molecule has 1 amide bonds. The summed E-state index contributed by atoms with van der Waals surface area (Å²) in [5, 5.41) is 6.51. The van der Waals surface area contributed by atoms with E-state index in [-0.39, 0.29) is 39.9 Å². The Morgan fingerprint density at radius 2 is 2.04 bits per heavy atom. The molecule has 0 aliphatic carbocycles. The third-order valence-corrected chi connectivity index (χ3v) is 4.35. The normalized spacial score (nSPS) is 14.8. The van der Waals surface area contributed by atoms with Crippen molar-refractivity contribution < 1.29 is 9.18 Å². The van der Waals surface area contributed by atoms with Gasteiger partial charge in [0.1, 0.15) is 17.0 Å². The lowest BCUT2D eigenvalue weighted by Gasteiger charge is -2.39. The predicted molar refractivity (Wildman–Crippen MR) is 84.2 cm³/mol. The maximum atomic E-state index is 13.8. The summed E-state index contributed by atoms with van der Waals surface area (Å²) in [6.45, 7) is 0.843. The molecule has 3 aromatic rings. The Kier molecular flexibility index (Phi) is 3.19. The number of halogens is 1. The van der Waals surface area contributed by atoms with Gasteiger partial charge in [-0.1, -0.05) is 18.2 Å². The first-order valence-corrected chi connectivity index (χ1v) is 7.49. The molecule has 0 unspecified atom stereocenters. The smallest absolute Gasteiger partial charge is 0.281 e. The molecule has 122 valence electrons. The highest BCUT2D eigenvalue weighted by Crippen LogP contribution is 2.30. The van der Waals surface area contributed by atoms with E-state index < -0.39 is 0 Å². The average molecular weight is 327 g/mol. The van der Waals surface area contributed by atoms with E-state index in [9.17, 15) is 14.0 Å². The predicted octanol–water partition coefficient (Wildman–Crippen LogP) is 1.04. The van der Waals surface area contributed by atoms with Gasteiger partial charge in [-0.15, -0.1) is 0 Å². The number of benzene rings is 1. The number of nitrogens with one attached hydrogen (secondary N) is 1. The van der Waals surface area contributed by atoms with Crippen LogP contribution in [0.4, 0.5) is 4.39 Å². The molecule has 1 aliphatic rings. The van der Waals surface area contributed by atoms with Crippen molar-refractivity contribution in [1.29, 1.82) is 0 Å². The topological polar surface area (TPSA) is 83.9 Å². The Balaban J connectivity index is 1.58. The molecular formula is C16H14FN5O2. The lowest BCUT2D eigenvalue weighted by Crippen LogP contribution is -2.48. The van der Waals surface area contributed by atoms with Crippen LogP contribution in [0.3, 0.4) is 0 Å². The summed E-state index contributed by atoms with van der Waals surface area (Å²) in [6.07, 6.45) is 1.36. The van der Waals surface area contributed by atoms with Crippen molar-refractivity contribution in [3.8, 4) is 0 Å². The van der Waals surface area contributed by atoms with Crippen LogP contribution in [0.5, 0.6) is 0 Å². The van der Waals surface area contributed by atoms with Crippen molar-refractivity contribution in [2.45, 2.75) is 5.92 Å². The number of amides is 1. The summed E-state index contributed by atoms with van der Waals surface area (Å²) in [4.78, 5) is 30.2. The molecule has 7 nitrogen and oxygen atoms in total. The highest BCUT2D eigenvalue weighted by Gasteiger charge is 2.35. The SMILES string of the molecule is Cn1cnc2c(C(=O)N3CC(c4ccccc4F)C3)[nH]nc2c1=O. The van der Waals surface area contributed by atoms with Gasteiger partial charge in [0.25, 0.3) is 11.5 Å². The first-order valence-electron chi connectivity index (χ1n) is 7.49. The fourth-order valence-corrected chi connectivity index (χ4v) is 2.93. The fourth-order valence-electron chi connectivity index (χ4n) is 2.93. The molecule has 1 aliphatic heterocycles. The van der Waals surface area contributed by atoms with Gasteiger partial charge in [0, 0.05) is 26.1 Å². The maximum Gasteiger partial charge on any atom is 0.281 e. The summed E-state index contributed by atoms with van der Waals surface area (Å²) in [5.74, 6) is -0.567. The van der Waals surface area contributed by atoms with Gasteiger partial charge in [-0.2, -0.15) is 5.10 Å². The second-order valence-electron chi connectivity index (χ2n) is 5.89. The second-order valence-corrected chi connectivity index (χ2v) is 5.89. The zero-order valence-electron chi connectivity index (χ0n) is 12.9. The molecule has 0 saturated carbocycles. The molecule has 8 heteroatoms. The van der Waals surface area contributed by atoms with Crippen LogP contribution in [-0.2, 0) is 7.05 Å². The fraction of sp³-hybridized carbons (Fsp3) is 0.250. The molecule has 24 heavy (non-hydrogen) atoms. The second kappa shape index (κ2) is 5.26. The van der Waals surface area contributed by atoms with Crippen LogP contribution in [0.1, 0.15) is 22.0 Å². The van der Waals surface area contributed by atoms with Crippen LogP contribution < -0.4 is 5.56 Å². The third-order valence-electron chi connectivity index (χ3n) is 4.35. The number of aryl methyl sites for hydroxylation is 1. The molecular weight excluding hydrogens is 313 g/mol. The van der Waals surface area contributed by atoms with Crippen LogP contribution in [0.2, 0.25) is 0 Å². The van der Waals surface area contributed by atoms with Crippen molar-refractivity contribution in [3.63, 3.8) is 0 Å². The number of hydrogen-bond acceptors (Lipinski definition) is 4. The van der Waals surface area contributed by atoms with Crippen LogP contribution in [0.15, 0.2) is 35.4 Å². The highest BCUT2D eigenvalue weighted by molar-refractivity contribution is 6.03. The Morgan fingerprint density at radius 3 is 2.79 bits per heavy atom. The van der Waals surface area contributed by atoms with E-state index in [4.69, 9.17) is 0 Å². The summed E-state index contributed by atoms with van der Waals surface area (Å²) in [7, 11) is 1.57.